The molecule has 152 valence electrons. The molecule has 7 nitrogen and oxygen atoms in total. The highest BCUT2D eigenvalue weighted by atomic mass is 32.2. The number of sulfonamides is 1. The molecule has 3 aromatic rings. The zero-order valence-corrected chi connectivity index (χ0v) is 17.2. The van der Waals surface area contributed by atoms with Crippen molar-refractivity contribution < 1.29 is 13.2 Å². The number of hydrogen-bond acceptors (Lipinski definition) is 4. The second kappa shape index (κ2) is 9.02. The summed E-state index contributed by atoms with van der Waals surface area (Å²) in [5.41, 5.74) is 3.53. The van der Waals surface area contributed by atoms with Gasteiger partial charge in [-0.3, -0.25) is 9.48 Å². The summed E-state index contributed by atoms with van der Waals surface area (Å²) in [5.74, 6) is -0.263. The van der Waals surface area contributed by atoms with Gasteiger partial charge in [-0.1, -0.05) is 24.3 Å². The summed E-state index contributed by atoms with van der Waals surface area (Å²) in [6.45, 7) is 4.33. The normalized spacial score (nSPS) is 11.4. The van der Waals surface area contributed by atoms with E-state index in [4.69, 9.17) is 0 Å². The zero-order chi connectivity index (χ0) is 20.9. The molecule has 1 heterocycles. The lowest BCUT2D eigenvalue weighted by Crippen LogP contribution is -2.28. The third kappa shape index (κ3) is 5.52. The summed E-state index contributed by atoms with van der Waals surface area (Å²) in [7, 11) is -3.65. The van der Waals surface area contributed by atoms with Gasteiger partial charge in [0.05, 0.1) is 11.4 Å². The van der Waals surface area contributed by atoms with Crippen LogP contribution in [0.5, 0.6) is 0 Å². The van der Waals surface area contributed by atoms with Crippen molar-refractivity contribution >= 4 is 21.6 Å². The first kappa shape index (κ1) is 20.8. The average molecular weight is 413 g/mol. The van der Waals surface area contributed by atoms with Gasteiger partial charge in [0, 0.05) is 31.0 Å². The Labute approximate surface area is 170 Å². The van der Waals surface area contributed by atoms with Gasteiger partial charge in [0.25, 0.3) is 0 Å². The lowest BCUT2D eigenvalue weighted by molar-refractivity contribution is -0.116. The molecule has 1 amide bonds. The molecule has 0 bridgehead atoms. The summed E-state index contributed by atoms with van der Waals surface area (Å²) < 4.78 is 29.1. The highest BCUT2D eigenvalue weighted by Gasteiger charge is 2.15. The number of carbonyl (C=O) groups excluding carboxylic acids is 1. The van der Waals surface area contributed by atoms with E-state index in [-0.39, 0.29) is 23.8 Å². The average Bonchev–Trinajstić information content (AvgIpc) is 3.18. The largest absolute Gasteiger partial charge is 0.326 e. The third-order valence-corrected chi connectivity index (χ3v) is 6.07. The maximum Gasteiger partial charge on any atom is 0.240 e. The van der Waals surface area contributed by atoms with Crippen molar-refractivity contribution in [2.75, 3.05) is 11.9 Å². The number of benzene rings is 2. The number of hydrogen-bond donors (Lipinski definition) is 2. The maximum absolute atomic E-state index is 12.4. The molecule has 8 heteroatoms. The Morgan fingerprint density at radius 3 is 2.59 bits per heavy atom. The molecular weight excluding hydrogens is 388 g/mol. The van der Waals surface area contributed by atoms with Gasteiger partial charge in [-0.2, -0.15) is 5.10 Å². The van der Waals surface area contributed by atoms with Crippen LogP contribution in [0.3, 0.4) is 0 Å². The quantitative estimate of drug-likeness (QED) is 0.595. The van der Waals surface area contributed by atoms with Crippen molar-refractivity contribution in [2.45, 2.75) is 31.7 Å². The van der Waals surface area contributed by atoms with E-state index in [0.717, 1.165) is 16.7 Å². The summed E-state index contributed by atoms with van der Waals surface area (Å²) in [6.07, 6.45) is 3.57. The smallest absolute Gasteiger partial charge is 0.240 e. The topological polar surface area (TPSA) is 93.1 Å². The summed E-state index contributed by atoms with van der Waals surface area (Å²) in [4.78, 5) is 12.5. The Morgan fingerprint density at radius 2 is 1.86 bits per heavy atom. The first-order valence-corrected chi connectivity index (χ1v) is 10.8. The molecule has 29 heavy (non-hydrogen) atoms. The Bertz CT molecular complexity index is 1090. The van der Waals surface area contributed by atoms with Crippen LogP contribution in [0.1, 0.15) is 23.1 Å². The molecule has 0 aliphatic rings. The predicted octanol–water partition coefficient (Wildman–Crippen LogP) is 2.86. The van der Waals surface area contributed by atoms with Crippen molar-refractivity contribution in [1.29, 1.82) is 0 Å². The highest BCUT2D eigenvalue weighted by Crippen LogP contribution is 2.17. The number of anilines is 1. The van der Waals surface area contributed by atoms with Crippen LogP contribution >= 0.6 is 0 Å². The van der Waals surface area contributed by atoms with Crippen molar-refractivity contribution in [1.82, 2.24) is 14.5 Å². The van der Waals surface area contributed by atoms with Crippen LogP contribution in [0.4, 0.5) is 5.69 Å². The molecule has 2 N–H and O–H groups in total. The van der Waals surface area contributed by atoms with E-state index in [0.29, 0.717) is 12.2 Å². The number of rotatable bonds is 8. The molecule has 0 fully saturated rings. The molecule has 0 radical (unpaired) electrons. The van der Waals surface area contributed by atoms with E-state index in [2.05, 4.69) is 15.1 Å². The zero-order valence-electron chi connectivity index (χ0n) is 16.4. The van der Waals surface area contributed by atoms with Crippen LogP contribution in [0, 0.1) is 13.8 Å². The second-order valence-corrected chi connectivity index (χ2v) is 8.57. The molecule has 1 aromatic heterocycles. The minimum atomic E-state index is -3.65. The molecule has 0 atom stereocenters. The van der Waals surface area contributed by atoms with Gasteiger partial charge in [0.2, 0.25) is 15.9 Å². The molecule has 0 saturated carbocycles. The Balaban J connectivity index is 1.57. The molecule has 0 aliphatic carbocycles. The minimum Gasteiger partial charge on any atom is -0.326 e. The van der Waals surface area contributed by atoms with Crippen LogP contribution in [-0.2, 0) is 21.4 Å². The van der Waals surface area contributed by atoms with Crippen LogP contribution < -0.4 is 10.0 Å². The lowest BCUT2D eigenvalue weighted by Gasteiger charge is -2.12. The fourth-order valence-corrected chi connectivity index (χ4v) is 3.94. The standard InChI is InChI=1S/C21H24N4O3S/c1-16-8-9-19(14-17(16)2)29(27,28)23-12-10-21(26)24-20-7-4-3-6-18(20)15-25-13-5-11-22-25/h3-9,11,13-14,23H,10,12,15H2,1-2H3,(H,24,26). The van der Waals surface area contributed by atoms with Gasteiger partial charge >= 0.3 is 0 Å². The summed E-state index contributed by atoms with van der Waals surface area (Å²) >= 11 is 0. The third-order valence-electron chi connectivity index (χ3n) is 4.62. The van der Waals surface area contributed by atoms with E-state index in [1.54, 1.807) is 29.1 Å². The number of nitrogens with one attached hydrogen (secondary N) is 2. The van der Waals surface area contributed by atoms with Crippen LogP contribution in [0.15, 0.2) is 65.8 Å². The van der Waals surface area contributed by atoms with Gasteiger partial charge in [-0.25, -0.2) is 13.1 Å². The Kier molecular flexibility index (Phi) is 6.46. The fourth-order valence-electron chi connectivity index (χ4n) is 2.82. The molecular formula is C21H24N4O3S. The van der Waals surface area contributed by atoms with Crippen molar-refractivity contribution in [3.05, 3.63) is 77.6 Å². The number of nitrogens with zero attached hydrogens (tertiary/aromatic N) is 2. The number of aryl methyl sites for hydroxylation is 2. The van der Waals surface area contributed by atoms with Gasteiger partial charge in [0.15, 0.2) is 0 Å². The van der Waals surface area contributed by atoms with E-state index in [1.807, 2.05) is 50.4 Å². The number of aromatic nitrogens is 2. The fraction of sp³-hybridized carbons (Fsp3) is 0.238. The van der Waals surface area contributed by atoms with Crippen LogP contribution in [-0.4, -0.2) is 30.7 Å². The maximum atomic E-state index is 12.4. The highest BCUT2D eigenvalue weighted by molar-refractivity contribution is 7.89. The molecule has 2 aromatic carbocycles. The SMILES string of the molecule is Cc1ccc(S(=O)(=O)NCCC(=O)Nc2ccccc2Cn2cccn2)cc1C. The second-order valence-electron chi connectivity index (χ2n) is 6.80. The first-order valence-electron chi connectivity index (χ1n) is 9.27. The van der Waals surface area contributed by atoms with E-state index in [1.165, 1.54) is 0 Å². The predicted molar refractivity (Wildman–Crippen MR) is 112 cm³/mol. The van der Waals surface area contributed by atoms with Crippen LogP contribution in [0.25, 0.3) is 0 Å². The Morgan fingerprint density at radius 1 is 1.07 bits per heavy atom. The summed E-state index contributed by atoms with van der Waals surface area (Å²) in [5, 5.41) is 7.03. The molecule has 0 aliphatic heterocycles. The monoisotopic (exact) mass is 412 g/mol. The number of para-hydroxylation sites is 1. The van der Waals surface area contributed by atoms with Gasteiger partial charge in [-0.05, 0) is 54.8 Å². The molecule has 3 rings (SSSR count). The molecule has 0 spiro atoms. The van der Waals surface area contributed by atoms with E-state index >= 15 is 0 Å². The lowest BCUT2D eigenvalue weighted by atomic mass is 10.1. The minimum absolute atomic E-state index is 0.0163. The van der Waals surface area contributed by atoms with Crippen LogP contribution in [0.2, 0.25) is 0 Å². The van der Waals surface area contributed by atoms with Crippen molar-refractivity contribution in [3.8, 4) is 0 Å². The van der Waals surface area contributed by atoms with Crippen molar-refractivity contribution in [2.24, 2.45) is 0 Å². The van der Waals surface area contributed by atoms with Gasteiger partial charge < -0.3 is 5.32 Å². The van der Waals surface area contributed by atoms with Gasteiger partial charge in [-0.15, -0.1) is 0 Å². The summed E-state index contributed by atoms with van der Waals surface area (Å²) in [6, 6.07) is 14.3. The molecule has 0 saturated heterocycles. The van der Waals surface area contributed by atoms with E-state index in [9.17, 15) is 13.2 Å². The number of amides is 1. The Hall–Kier alpha value is -2.97. The van der Waals surface area contributed by atoms with E-state index < -0.39 is 10.0 Å². The molecule has 0 unspecified atom stereocenters. The number of carbonyl (C=O) groups is 1. The van der Waals surface area contributed by atoms with Crippen molar-refractivity contribution in [3.63, 3.8) is 0 Å². The van der Waals surface area contributed by atoms with Gasteiger partial charge in [0.1, 0.15) is 0 Å². The first-order chi connectivity index (χ1) is 13.8.